The zero-order chi connectivity index (χ0) is 22.7. The molecule has 0 saturated carbocycles. The molecule has 1 aliphatic heterocycles. The number of carbonyl (C=O) groups is 1. The molecule has 5 heteroatoms. The topological polar surface area (TPSA) is 47.4 Å². The first-order chi connectivity index (χ1) is 15.5. The van der Waals surface area contributed by atoms with Crippen LogP contribution in [0.5, 0.6) is 0 Å². The van der Waals surface area contributed by atoms with Gasteiger partial charge in [0.05, 0.1) is 13.0 Å². The molecule has 1 atom stereocenters. The number of hydrogen-bond donors (Lipinski definition) is 0. The maximum absolute atomic E-state index is 12.5. The second kappa shape index (κ2) is 9.86. The number of rotatable bonds is 7. The van der Waals surface area contributed by atoms with Crippen LogP contribution in [-0.2, 0) is 28.9 Å². The summed E-state index contributed by atoms with van der Waals surface area (Å²) in [6.07, 6.45) is 4.34. The van der Waals surface area contributed by atoms with E-state index in [1.54, 1.807) is 0 Å². The summed E-state index contributed by atoms with van der Waals surface area (Å²) in [7, 11) is 0. The van der Waals surface area contributed by atoms with Crippen LogP contribution in [0.3, 0.4) is 0 Å². The Bertz CT molecular complexity index is 1100. The summed E-state index contributed by atoms with van der Waals surface area (Å²) in [6.45, 7) is 12.7. The first-order valence-corrected chi connectivity index (χ1v) is 11.9. The van der Waals surface area contributed by atoms with Gasteiger partial charge in [-0.2, -0.15) is 0 Å². The van der Waals surface area contributed by atoms with Crippen molar-refractivity contribution in [2.75, 3.05) is 26.2 Å². The summed E-state index contributed by atoms with van der Waals surface area (Å²) in [5.74, 6) is -0.0928. The lowest BCUT2D eigenvalue weighted by Crippen LogP contribution is -2.26. The summed E-state index contributed by atoms with van der Waals surface area (Å²) in [4.78, 5) is 19.4. The minimum atomic E-state index is -0.137. The smallest absolute Gasteiger partial charge is 0.306 e. The molecule has 0 spiro atoms. The number of hydrogen-bond acceptors (Lipinski definition) is 4. The van der Waals surface area contributed by atoms with Crippen LogP contribution < -0.4 is 0 Å². The van der Waals surface area contributed by atoms with Crippen molar-refractivity contribution in [2.45, 2.75) is 59.4 Å². The molecule has 3 aromatic rings. The van der Waals surface area contributed by atoms with Gasteiger partial charge in [-0.25, -0.2) is 0 Å². The quantitative estimate of drug-likeness (QED) is 0.502. The third-order valence-electron chi connectivity index (χ3n) is 6.75. The van der Waals surface area contributed by atoms with E-state index in [2.05, 4.69) is 52.6 Å². The third-order valence-corrected chi connectivity index (χ3v) is 6.75. The van der Waals surface area contributed by atoms with E-state index < -0.39 is 0 Å². The number of carbonyl (C=O) groups excluding carboxylic acids is 1. The van der Waals surface area contributed by atoms with Crippen LogP contribution in [0.25, 0.3) is 10.9 Å². The van der Waals surface area contributed by atoms with Crippen LogP contribution in [0.15, 0.2) is 36.5 Å². The van der Waals surface area contributed by atoms with Crippen molar-refractivity contribution in [2.24, 2.45) is 0 Å². The van der Waals surface area contributed by atoms with E-state index >= 15 is 0 Å². The minimum absolute atomic E-state index is 0.0438. The highest BCUT2D eigenvalue weighted by molar-refractivity contribution is 5.86. The van der Waals surface area contributed by atoms with Gasteiger partial charge in [0, 0.05) is 60.5 Å². The fraction of sp³-hybridized carbons (Fsp3) is 0.481. The molecule has 2 aromatic heterocycles. The Morgan fingerprint density at radius 2 is 1.94 bits per heavy atom. The first-order valence-electron chi connectivity index (χ1n) is 11.9. The summed E-state index contributed by atoms with van der Waals surface area (Å²) in [5.41, 5.74) is 7.62. The van der Waals surface area contributed by atoms with Crippen molar-refractivity contribution < 1.29 is 9.53 Å². The Balaban J connectivity index is 1.78. The van der Waals surface area contributed by atoms with E-state index in [9.17, 15) is 4.79 Å². The van der Waals surface area contributed by atoms with E-state index in [4.69, 9.17) is 4.74 Å². The van der Waals surface area contributed by atoms with E-state index in [-0.39, 0.29) is 11.9 Å². The second-order valence-electron chi connectivity index (χ2n) is 8.93. The monoisotopic (exact) mass is 433 g/mol. The van der Waals surface area contributed by atoms with Crippen LogP contribution in [0, 0.1) is 13.8 Å². The highest BCUT2D eigenvalue weighted by Gasteiger charge is 2.25. The number of fused-ring (bicyclic) bond motifs is 3. The van der Waals surface area contributed by atoms with Crippen molar-refractivity contribution in [1.29, 1.82) is 0 Å². The highest BCUT2D eigenvalue weighted by atomic mass is 16.5. The van der Waals surface area contributed by atoms with Crippen molar-refractivity contribution in [1.82, 2.24) is 14.5 Å². The van der Waals surface area contributed by atoms with E-state index in [0.717, 1.165) is 50.3 Å². The van der Waals surface area contributed by atoms with Gasteiger partial charge in [-0.1, -0.05) is 18.6 Å². The van der Waals surface area contributed by atoms with E-state index in [0.29, 0.717) is 13.0 Å². The molecular formula is C27H35N3O2. The molecule has 5 nitrogen and oxygen atoms in total. The molecule has 4 rings (SSSR count). The van der Waals surface area contributed by atoms with Gasteiger partial charge in [0.15, 0.2) is 0 Å². The average Bonchev–Trinajstić information content (AvgIpc) is 2.91. The molecule has 1 unspecified atom stereocenters. The van der Waals surface area contributed by atoms with Gasteiger partial charge in [-0.15, -0.1) is 0 Å². The SMILES string of the molecule is CCOC(=O)CC(Cn1c2c(c3cc(C)ccc31)CCN(CC)CC2)c1ccnc(C)c1. The van der Waals surface area contributed by atoms with Crippen molar-refractivity contribution in [3.05, 3.63) is 64.6 Å². The van der Waals surface area contributed by atoms with Gasteiger partial charge in [-0.3, -0.25) is 9.78 Å². The van der Waals surface area contributed by atoms with Crippen molar-refractivity contribution >= 4 is 16.9 Å². The molecule has 0 N–H and O–H groups in total. The minimum Gasteiger partial charge on any atom is -0.466 e. The zero-order valence-electron chi connectivity index (χ0n) is 19.9. The number of esters is 1. The number of ether oxygens (including phenoxy) is 1. The number of nitrogens with zero attached hydrogens (tertiary/aromatic N) is 3. The van der Waals surface area contributed by atoms with E-state index in [1.165, 1.54) is 27.7 Å². The van der Waals surface area contributed by atoms with E-state index in [1.807, 2.05) is 26.1 Å². The van der Waals surface area contributed by atoms with Gasteiger partial charge in [0.1, 0.15) is 0 Å². The molecule has 0 fully saturated rings. The Morgan fingerprint density at radius 3 is 2.69 bits per heavy atom. The lowest BCUT2D eigenvalue weighted by Gasteiger charge is -2.21. The normalized spacial score (nSPS) is 15.4. The summed E-state index contributed by atoms with van der Waals surface area (Å²) in [5, 5.41) is 1.37. The number of aromatic nitrogens is 2. The second-order valence-corrected chi connectivity index (χ2v) is 8.93. The highest BCUT2D eigenvalue weighted by Crippen LogP contribution is 2.33. The predicted molar refractivity (Wildman–Crippen MR) is 129 cm³/mol. The molecule has 32 heavy (non-hydrogen) atoms. The predicted octanol–water partition coefficient (Wildman–Crippen LogP) is 4.81. The number of benzene rings is 1. The van der Waals surface area contributed by atoms with Gasteiger partial charge < -0.3 is 14.2 Å². The first kappa shape index (κ1) is 22.5. The largest absolute Gasteiger partial charge is 0.466 e. The molecule has 1 aromatic carbocycles. The summed E-state index contributed by atoms with van der Waals surface area (Å²) < 4.78 is 7.83. The van der Waals surface area contributed by atoms with Crippen LogP contribution in [0.2, 0.25) is 0 Å². The molecule has 0 aliphatic carbocycles. The molecule has 170 valence electrons. The lowest BCUT2D eigenvalue weighted by molar-refractivity contribution is -0.143. The molecule has 1 aliphatic rings. The molecule has 3 heterocycles. The number of likely N-dealkylation sites (N-methyl/N-ethyl adjacent to an activating group) is 1. The van der Waals surface area contributed by atoms with Crippen molar-refractivity contribution in [3.8, 4) is 0 Å². The zero-order valence-corrected chi connectivity index (χ0v) is 19.9. The molecule has 0 radical (unpaired) electrons. The fourth-order valence-corrected chi connectivity index (χ4v) is 5.08. The maximum Gasteiger partial charge on any atom is 0.306 e. The average molecular weight is 434 g/mol. The number of pyridine rings is 1. The van der Waals surface area contributed by atoms with Crippen LogP contribution in [0.4, 0.5) is 0 Å². The lowest BCUT2D eigenvalue weighted by atomic mass is 9.95. The van der Waals surface area contributed by atoms with Gasteiger partial charge >= 0.3 is 5.97 Å². The van der Waals surface area contributed by atoms with Crippen LogP contribution in [0.1, 0.15) is 54.3 Å². The standard InChI is InChI=1S/C27H35N3O2/c1-5-29-13-10-23-24-15-19(3)7-8-25(24)30(26(23)11-14-29)18-22(17-27(31)32-6-2)21-9-12-28-20(4)16-21/h7-9,12,15-16,22H,5-6,10-11,13-14,17-18H2,1-4H3. The Hall–Kier alpha value is -2.66. The van der Waals surface area contributed by atoms with Gasteiger partial charge in [-0.05, 0) is 69.1 Å². The third kappa shape index (κ3) is 4.73. The molecule has 0 bridgehead atoms. The Morgan fingerprint density at radius 1 is 1.12 bits per heavy atom. The Labute approximate surface area is 191 Å². The summed E-state index contributed by atoms with van der Waals surface area (Å²) >= 11 is 0. The number of aryl methyl sites for hydroxylation is 2. The van der Waals surface area contributed by atoms with Gasteiger partial charge in [0.25, 0.3) is 0 Å². The maximum atomic E-state index is 12.5. The van der Waals surface area contributed by atoms with Crippen molar-refractivity contribution in [3.63, 3.8) is 0 Å². The summed E-state index contributed by atoms with van der Waals surface area (Å²) in [6, 6.07) is 11.0. The van der Waals surface area contributed by atoms with Gasteiger partial charge in [0.2, 0.25) is 0 Å². The molecular weight excluding hydrogens is 398 g/mol. The Kier molecular flexibility index (Phi) is 6.95. The fourth-order valence-electron chi connectivity index (χ4n) is 5.08. The molecule has 0 amide bonds. The molecule has 0 saturated heterocycles. The van der Waals surface area contributed by atoms with Crippen LogP contribution >= 0.6 is 0 Å². The van der Waals surface area contributed by atoms with Crippen LogP contribution in [-0.4, -0.2) is 46.7 Å².